The van der Waals surface area contributed by atoms with Gasteiger partial charge in [0, 0.05) is 41.9 Å². The van der Waals surface area contributed by atoms with Gasteiger partial charge in [-0.05, 0) is 25.5 Å². The topological polar surface area (TPSA) is 15.3 Å². The lowest BCUT2D eigenvalue weighted by atomic mass is 10.1. The number of hydrogen-bond donors (Lipinski definition) is 1. The van der Waals surface area contributed by atoms with Gasteiger partial charge >= 0.3 is 0 Å². The van der Waals surface area contributed by atoms with Gasteiger partial charge in [-0.2, -0.15) is 0 Å². The van der Waals surface area contributed by atoms with E-state index in [1.165, 1.54) is 11.3 Å². The van der Waals surface area contributed by atoms with E-state index in [4.69, 9.17) is 11.6 Å². The number of hydrogen-bond acceptors (Lipinski definition) is 2. The summed E-state index contributed by atoms with van der Waals surface area (Å²) in [6.07, 6.45) is 1.13. The number of nitrogens with zero attached hydrogens (tertiary/aromatic N) is 1. The summed E-state index contributed by atoms with van der Waals surface area (Å²) in [6.45, 7) is 9.55. The number of anilines is 1. The molecule has 0 fully saturated rings. The lowest BCUT2D eigenvalue weighted by molar-refractivity contribution is 0.585. The number of halogens is 1. The van der Waals surface area contributed by atoms with Gasteiger partial charge in [0.05, 0.1) is 0 Å². The number of rotatable bonds is 6. The Labute approximate surface area is 116 Å². The molecule has 1 atom stereocenters. The van der Waals surface area contributed by atoms with Crippen LogP contribution in [-0.4, -0.2) is 19.1 Å². The fourth-order valence-corrected chi connectivity index (χ4v) is 2.11. The van der Waals surface area contributed by atoms with Gasteiger partial charge in [-0.25, -0.2) is 0 Å². The van der Waals surface area contributed by atoms with Gasteiger partial charge in [0.1, 0.15) is 0 Å². The van der Waals surface area contributed by atoms with Crippen LogP contribution in [-0.2, 0) is 6.54 Å². The lowest BCUT2D eigenvalue weighted by Gasteiger charge is -2.29. The Hall–Kier alpha value is -0.730. The van der Waals surface area contributed by atoms with Crippen molar-refractivity contribution < 1.29 is 0 Å². The van der Waals surface area contributed by atoms with Crippen LogP contribution < -0.4 is 10.2 Å². The Bertz CT molecular complexity index is 377. The first-order valence-corrected chi connectivity index (χ1v) is 7.08. The van der Waals surface area contributed by atoms with Crippen LogP contribution in [0, 0.1) is 0 Å². The van der Waals surface area contributed by atoms with Crippen molar-refractivity contribution in [3.63, 3.8) is 0 Å². The SMILES string of the molecule is CCC(C)N(C)c1cccc(Cl)c1CNC(C)C. The zero-order valence-corrected chi connectivity index (χ0v) is 12.9. The molecule has 1 aromatic carbocycles. The maximum atomic E-state index is 6.34. The molecule has 0 bridgehead atoms. The van der Waals surface area contributed by atoms with E-state index in [0.29, 0.717) is 12.1 Å². The molecule has 0 aliphatic heterocycles. The molecule has 1 rings (SSSR count). The molecule has 0 saturated carbocycles. The molecule has 0 saturated heterocycles. The van der Waals surface area contributed by atoms with E-state index in [-0.39, 0.29) is 0 Å². The summed E-state index contributed by atoms with van der Waals surface area (Å²) in [5, 5.41) is 4.29. The standard InChI is InChI=1S/C15H25ClN2/c1-6-12(4)18(5)15-9-7-8-14(16)13(15)10-17-11(2)3/h7-9,11-12,17H,6,10H2,1-5H3. The van der Waals surface area contributed by atoms with Gasteiger partial charge in [-0.1, -0.05) is 38.4 Å². The second-order valence-electron chi connectivity index (χ2n) is 5.14. The van der Waals surface area contributed by atoms with E-state index in [1.54, 1.807) is 0 Å². The van der Waals surface area contributed by atoms with Gasteiger partial charge in [-0.3, -0.25) is 0 Å². The average molecular weight is 269 g/mol. The zero-order valence-electron chi connectivity index (χ0n) is 12.1. The third-order valence-corrected chi connectivity index (χ3v) is 3.77. The molecule has 1 aromatic rings. The first-order chi connectivity index (χ1) is 8.47. The molecule has 2 nitrogen and oxygen atoms in total. The van der Waals surface area contributed by atoms with E-state index in [0.717, 1.165) is 18.0 Å². The van der Waals surface area contributed by atoms with Crippen molar-refractivity contribution in [3.8, 4) is 0 Å². The van der Waals surface area contributed by atoms with E-state index < -0.39 is 0 Å². The molecule has 1 unspecified atom stereocenters. The smallest absolute Gasteiger partial charge is 0.0471 e. The molecule has 0 aromatic heterocycles. The summed E-state index contributed by atoms with van der Waals surface area (Å²) >= 11 is 6.34. The van der Waals surface area contributed by atoms with Crippen molar-refractivity contribution in [1.82, 2.24) is 5.32 Å². The minimum absolute atomic E-state index is 0.461. The van der Waals surface area contributed by atoms with Crippen molar-refractivity contribution >= 4 is 17.3 Å². The highest BCUT2D eigenvalue weighted by Crippen LogP contribution is 2.28. The highest BCUT2D eigenvalue weighted by Gasteiger charge is 2.14. The molecule has 1 N–H and O–H groups in total. The van der Waals surface area contributed by atoms with Crippen LogP contribution in [0.25, 0.3) is 0 Å². The second-order valence-corrected chi connectivity index (χ2v) is 5.55. The van der Waals surface area contributed by atoms with Gasteiger partial charge < -0.3 is 10.2 Å². The van der Waals surface area contributed by atoms with Crippen molar-refractivity contribution in [2.45, 2.75) is 52.7 Å². The van der Waals surface area contributed by atoms with Crippen molar-refractivity contribution in [2.24, 2.45) is 0 Å². The summed E-state index contributed by atoms with van der Waals surface area (Å²) in [7, 11) is 2.14. The molecule has 0 aliphatic rings. The van der Waals surface area contributed by atoms with Crippen LogP contribution in [0.2, 0.25) is 5.02 Å². The molecule has 0 spiro atoms. The van der Waals surface area contributed by atoms with Gasteiger partial charge in [0.25, 0.3) is 0 Å². The van der Waals surface area contributed by atoms with Crippen LogP contribution in [0.1, 0.15) is 39.7 Å². The average Bonchev–Trinajstić information content (AvgIpc) is 2.35. The molecule has 18 heavy (non-hydrogen) atoms. The molecular weight excluding hydrogens is 244 g/mol. The minimum atomic E-state index is 0.461. The monoisotopic (exact) mass is 268 g/mol. The Morgan fingerprint density at radius 2 is 1.94 bits per heavy atom. The third kappa shape index (κ3) is 3.89. The van der Waals surface area contributed by atoms with Crippen LogP contribution in [0.5, 0.6) is 0 Å². The molecule has 0 radical (unpaired) electrons. The van der Waals surface area contributed by atoms with Crippen LogP contribution in [0.4, 0.5) is 5.69 Å². The Kier molecular flexibility index (Phi) is 5.97. The van der Waals surface area contributed by atoms with E-state index >= 15 is 0 Å². The minimum Gasteiger partial charge on any atom is -0.372 e. The van der Waals surface area contributed by atoms with Crippen LogP contribution >= 0.6 is 11.6 Å². The van der Waals surface area contributed by atoms with Gasteiger partial charge in [-0.15, -0.1) is 0 Å². The molecule has 0 aliphatic carbocycles. The van der Waals surface area contributed by atoms with Crippen molar-refractivity contribution in [3.05, 3.63) is 28.8 Å². The number of benzene rings is 1. The highest BCUT2D eigenvalue weighted by molar-refractivity contribution is 6.31. The second kappa shape index (κ2) is 7.01. The summed E-state index contributed by atoms with van der Waals surface area (Å²) in [4.78, 5) is 2.31. The molecule has 0 heterocycles. The third-order valence-electron chi connectivity index (χ3n) is 3.41. The molecule has 0 amide bonds. The van der Waals surface area contributed by atoms with Crippen molar-refractivity contribution in [1.29, 1.82) is 0 Å². The van der Waals surface area contributed by atoms with E-state index in [2.05, 4.69) is 51.0 Å². The molecule has 102 valence electrons. The molecular formula is C15H25ClN2. The van der Waals surface area contributed by atoms with Gasteiger partial charge in [0.2, 0.25) is 0 Å². The Morgan fingerprint density at radius 3 is 2.50 bits per heavy atom. The quantitative estimate of drug-likeness (QED) is 0.837. The summed E-state index contributed by atoms with van der Waals surface area (Å²) in [5.74, 6) is 0. The summed E-state index contributed by atoms with van der Waals surface area (Å²) < 4.78 is 0. The zero-order chi connectivity index (χ0) is 13.7. The fraction of sp³-hybridized carbons (Fsp3) is 0.600. The summed E-state index contributed by atoms with van der Waals surface area (Å²) in [6, 6.07) is 7.11. The predicted octanol–water partition coefficient (Wildman–Crippen LogP) is 4.07. The largest absolute Gasteiger partial charge is 0.372 e. The first-order valence-electron chi connectivity index (χ1n) is 6.71. The van der Waals surface area contributed by atoms with Crippen molar-refractivity contribution in [2.75, 3.05) is 11.9 Å². The Balaban J connectivity index is 2.99. The first kappa shape index (κ1) is 15.3. The van der Waals surface area contributed by atoms with E-state index in [1.807, 2.05) is 12.1 Å². The normalized spacial score (nSPS) is 12.8. The van der Waals surface area contributed by atoms with E-state index in [9.17, 15) is 0 Å². The maximum Gasteiger partial charge on any atom is 0.0471 e. The fourth-order valence-electron chi connectivity index (χ4n) is 1.87. The maximum absolute atomic E-state index is 6.34. The van der Waals surface area contributed by atoms with Crippen LogP contribution in [0.15, 0.2) is 18.2 Å². The molecule has 3 heteroatoms. The van der Waals surface area contributed by atoms with Crippen LogP contribution in [0.3, 0.4) is 0 Å². The summed E-state index contributed by atoms with van der Waals surface area (Å²) in [5.41, 5.74) is 2.42. The van der Waals surface area contributed by atoms with Gasteiger partial charge in [0.15, 0.2) is 0 Å². The highest BCUT2D eigenvalue weighted by atomic mass is 35.5. The lowest BCUT2D eigenvalue weighted by Crippen LogP contribution is -2.30. The predicted molar refractivity (Wildman–Crippen MR) is 81.6 cm³/mol. The Morgan fingerprint density at radius 1 is 1.28 bits per heavy atom. The number of nitrogens with one attached hydrogen (secondary N) is 1.